The van der Waals surface area contributed by atoms with E-state index in [1.807, 2.05) is 37.5 Å². The van der Waals surface area contributed by atoms with E-state index in [9.17, 15) is 0 Å². The Bertz CT molecular complexity index is 580. The van der Waals surface area contributed by atoms with E-state index in [2.05, 4.69) is 35.5 Å². The van der Waals surface area contributed by atoms with Crippen LogP contribution in [-0.4, -0.2) is 12.8 Å². The lowest BCUT2D eigenvalue weighted by atomic mass is 10.0. The summed E-state index contributed by atoms with van der Waals surface area (Å²) in [7, 11) is 1.81. The Balaban J connectivity index is 2.02. The van der Waals surface area contributed by atoms with E-state index >= 15 is 0 Å². The summed E-state index contributed by atoms with van der Waals surface area (Å²) in [6.07, 6.45) is 8.22. The van der Waals surface area contributed by atoms with Crippen LogP contribution < -0.4 is 5.32 Å². The smallest absolute Gasteiger partial charge is 0.0660 e. The summed E-state index contributed by atoms with van der Waals surface area (Å²) in [4.78, 5) is 4.28. The van der Waals surface area contributed by atoms with E-state index in [-0.39, 0.29) is 0 Å². The Morgan fingerprint density at radius 1 is 1.32 bits per heavy atom. The lowest BCUT2D eigenvalue weighted by Gasteiger charge is -2.10. The Morgan fingerprint density at radius 2 is 2.16 bits per heavy atom. The third-order valence-corrected chi connectivity index (χ3v) is 3.11. The van der Waals surface area contributed by atoms with Crippen LogP contribution in [0.4, 0.5) is 0 Å². The fraction of sp³-hybridized carbons (Fsp3) is 0.188. The number of hydrogen-bond donors (Lipinski definition) is 1. The van der Waals surface area contributed by atoms with Gasteiger partial charge in [-0.1, -0.05) is 35.9 Å². The molecule has 0 amide bonds. The lowest BCUT2D eigenvalue weighted by molar-refractivity contribution is 0.867. The first-order chi connectivity index (χ1) is 9.19. The Labute approximate surface area is 119 Å². The second kappa shape index (κ2) is 6.39. The Morgan fingerprint density at radius 3 is 2.89 bits per heavy atom. The molecule has 1 aliphatic carbocycles. The second-order valence-corrected chi connectivity index (χ2v) is 4.88. The average Bonchev–Trinajstić information content (AvgIpc) is 2.40. The van der Waals surface area contributed by atoms with Crippen molar-refractivity contribution in [1.82, 2.24) is 5.32 Å². The molecule has 2 nitrogen and oxygen atoms in total. The van der Waals surface area contributed by atoms with Gasteiger partial charge in [0.25, 0.3) is 0 Å². The fourth-order valence-electron chi connectivity index (χ4n) is 1.90. The van der Waals surface area contributed by atoms with Crippen molar-refractivity contribution in [3.8, 4) is 0 Å². The van der Waals surface area contributed by atoms with Crippen molar-refractivity contribution < 1.29 is 0 Å². The van der Waals surface area contributed by atoms with Crippen LogP contribution in [0, 0.1) is 0 Å². The zero-order valence-corrected chi connectivity index (χ0v) is 11.9. The van der Waals surface area contributed by atoms with Gasteiger partial charge in [-0.2, -0.15) is 0 Å². The number of allylic oxidation sites excluding steroid dienone is 5. The van der Waals surface area contributed by atoms with Gasteiger partial charge in [-0.05, 0) is 36.3 Å². The second-order valence-electron chi connectivity index (χ2n) is 4.44. The molecule has 2 rings (SSSR count). The van der Waals surface area contributed by atoms with Gasteiger partial charge in [-0.15, -0.1) is 0 Å². The maximum absolute atomic E-state index is 5.95. The van der Waals surface area contributed by atoms with Crippen LogP contribution in [0.15, 0.2) is 64.8 Å². The van der Waals surface area contributed by atoms with Gasteiger partial charge in [-0.3, -0.25) is 4.99 Å². The molecular weight excluding hydrogens is 256 g/mol. The van der Waals surface area contributed by atoms with Crippen LogP contribution in [-0.2, 0) is 6.54 Å². The van der Waals surface area contributed by atoms with E-state index in [1.165, 1.54) is 5.57 Å². The summed E-state index contributed by atoms with van der Waals surface area (Å²) in [6, 6.07) is 7.84. The molecule has 0 aliphatic heterocycles. The lowest BCUT2D eigenvalue weighted by Crippen LogP contribution is -2.10. The minimum atomic E-state index is 0.748. The summed E-state index contributed by atoms with van der Waals surface area (Å²) in [5.74, 6) is 0. The first-order valence-corrected chi connectivity index (χ1v) is 6.58. The SMILES string of the molecule is C/N=C1/C=C(C)C=C/C1=C/NCc1cccc(Cl)c1. The fourth-order valence-corrected chi connectivity index (χ4v) is 2.11. The standard InChI is InChI=1S/C16H17ClN2/c1-12-6-7-14(16(8-12)18-2)11-19-10-13-4-3-5-15(17)9-13/h3-9,11,19H,10H2,1-2H3/b14-11-,18-16-. The highest BCUT2D eigenvalue weighted by Crippen LogP contribution is 2.13. The third kappa shape index (κ3) is 3.83. The minimum Gasteiger partial charge on any atom is -0.386 e. The minimum absolute atomic E-state index is 0.748. The van der Waals surface area contributed by atoms with Gasteiger partial charge in [0.1, 0.15) is 0 Å². The molecule has 0 radical (unpaired) electrons. The molecule has 19 heavy (non-hydrogen) atoms. The summed E-state index contributed by atoms with van der Waals surface area (Å²) >= 11 is 5.95. The molecular formula is C16H17ClN2. The maximum Gasteiger partial charge on any atom is 0.0660 e. The predicted octanol–water partition coefficient (Wildman–Crippen LogP) is 3.90. The Hall–Kier alpha value is -1.80. The number of rotatable bonds is 3. The van der Waals surface area contributed by atoms with Crippen molar-refractivity contribution >= 4 is 17.3 Å². The molecule has 1 aliphatic rings. The molecule has 0 spiro atoms. The van der Waals surface area contributed by atoms with Crippen molar-refractivity contribution in [2.45, 2.75) is 13.5 Å². The van der Waals surface area contributed by atoms with Gasteiger partial charge < -0.3 is 5.32 Å². The summed E-state index contributed by atoms with van der Waals surface area (Å²) in [5, 5.41) is 4.06. The first-order valence-electron chi connectivity index (χ1n) is 6.20. The molecule has 0 fully saturated rings. The monoisotopic (exact) mass is 272 g/mol. The van der Waals surface area contributed by atoms with E-state index in [4.69, 9.17) is 11.6 Å². The predicted molar refractivity (Wildman–Crippen MR) is 82.6 cm³/mol. The first kappa shape index (κ1) is 13.6. The van der Waals surface area contributed by atoms with Crippen molar-refractivity contribution in [2.24, 2.45) is 4.99 Å². The topological polar surface area (TPSA) is 24.4 Å². The van der Waals surface area contributed by atoms with Gasteiger partial charge in [0.2, 0.25) is 0 Å². The molecule has 0 aromatic heterocycles. The molecule has 0 atom stereocenters. The number of nitrogens with one attached hydrogen (secondary N) is 1. The highest BCUT2D eigenvalue weighted by atomic mass is 35.5. The van der Waals surface area contributed by atoms with Crippen LogP contribution in [0.2, 0.25) is 5.02 Å². The molecule has 0 saturated heterocycles. The summed E-state index contributed by atoms with van der Waals surface area (Å²) in [5.41, 5.74) is 4.46. The van der Waals surface area contributed by atoms with Crippen molar-refractivity contribution in [3.63, 3.8) is 0 Å². The van der Waals surface area contributed by atoms with E-state index in [0.29, 0.717) is 0 Å². The normalized spacial score (nSPS) is 18.8. The van der Waals surface area contributed by atoms with Crippen molar-refractivity contribution in [3.05, 3.63) is 70.4 Å². The molecule has 0 heterocycles. The third-order valence-electron chi connectivity index (χ3n) is 2.88. The van der Waals surface area contributed by atoms with E-state index < -0.39 is 0 Å². The molecule has 1 aromatic carbocycles. The molecule has 1 aromatic rings. The van der Waals surface area contributed by atoms with Gasteiger partial charge in [0, 0.05) is 30.4 Å². The Kier molecular flexibility index (Phi) is 4.58. The van der Waals surface area contributed by atoms with Gasteiger partial charge in [-0.25, -0.2) is 0 Å². The number of aliphatic imine (C=N–C) groups is 1. The molecule has 3 heteroatoms. The molecule has 98 valence electrons. The van der Waals surface area contributed by atoms with Gasteiger partial charge in [0.15, 0.2) is 0 Å². The summed E-state index contributed by atoms with van der Waals surface area (Å²) in [6.45, 7) is 2.81. The largest absolute Gasteiger partial charge is 0.386 e. The molecule has 0 bridgehead atoms. The zero-order chi connectivity index (χ0) is 13.7. The van der Waals surface area contributed by atoms with Crippen LogP contribution in [0.25, 0.3) is 0 Å². The number of benzene rings is 1. The summed E-state index contributed by atoms with van der Waals surface area (Å²) < 4.78 is 0. The quantitative estimate of drug-likeness (QED) is 0.887. The van der Waals surface area contributed by atoms with Crippen LogP contribution in [0.1, 0.15) is 12.5 Å². The van der Waals surface area contributed by atoms with Crippen LogP contribution in [0.5, 0.6) is 0 Å². The van der Waals surface area contributed by atoms with Crippen molar-refractivity contribution in [1.29, 1.82) is 0 Å². The van der Waals surface area contributed by atoms with Gasteiger partial charge >= 0.3 is 0 Å². The maximum atomic E-state index is 5.95. The van der Waals surface area contributed by atoms with Gasteiger partial charge in [0.05, 0.1) is 5.71 Å². The highest BCUT2D eigenvalue weighted by Gasteiger charge is 2.05. The number of nitrogens with zero attached hydrogens (tertiary/aromatic N) is 1. The highest BCUT2D eigenvalue weighted by molar-refractivity contribution is 6.30. The van der Waals surface area contributed by atoms with Crippen molar-refractivity contribution in [2.75, 3.05) is 7.05 Å². The molecule has 0 saturated carbocycles. The van der Waals surface area contributed by atoms with Crippen LogP contribution in [0.3, 0.4) is 0 Å². The van der Waals surface area contributed by atoms with Crippen LogP contribution >= 0.6 is 11.6 Å². The molecule has 1 N–H and O–H groups in total. The van der Waals surface area contributed by atoms with E-state index in [0.717, 1.165) is 28.4 Å². The number of hydrogen-bond acceptors (Lipinski definition) is 2. The molecule has 0 unspecified atom stereocenters. The van der Waals surface area contributed by atoms with E-state index in [1.54, 1.807) is 0 Å². The zero-order valence-electron chi connectivity index (χ0n) is 11.2. The number of halogens is 1. The average molecular weight is 273 g/mol.